The number of nitrogens with one attached hydrogen (secondary N) is 1. The average Bonchev–Trinajstić information content (AvgIpc) is 3.41. The van der Waals surface area contributed by atoms with E-state index in [4.69, 9.17) is 0 Å². The lowest BCUT2D eigenvalue weighted by molar-refractivity contribution is -0.890. The lowest BCUT2D eigenvalue weighted by Gasteiger charge is -2.32. The molecule has 2 amide bonds. The summed E-state index contributed by atoms with van der Waals surface area (Å²) in [6.07, 6.45) is 2.36. The fraction of sp³-hybridized carbons (Fsp3) is 0.296. The zero-order valence-electron chi connectivity index (χ0n) is 19.8. The highest BCUT2D eigenvalue weighted by Crippen LogP contribution is 2.37. The Bertz CT molecular complexity index is 1200. The molecule has 2 saturated heterocycles. The molecule has 1 N–H and O–H groups in total. The molecule has 188 valence electrons. The first-order chi connectivity index (χ1) is 16.8. The van der Waals surface area contributed by atoms with E-state index >= 15 is 0 Å². The standard InChI is InChI=1S/C27H26F2N4O2.BrH/c1-33(17-25(34)24-4-2-3-14-30-24)15-13-23(16-33)32-18-27(31-26(32)35,19-5-9-21(28)10-6-19)20-7-11-22(29)12-8-20;/h2-12,14,23H,13,15-18H2,1H3;1H/t23-,33?;/m1./s1. The van der Waals surface area contributed by atoms with Gasteiger partial charge in [0.05, 0.1) is 32.7 Å². The molecule has 0 radical (unpaired) electrons. The second-order valence-corrected chi connectivity index (χ2v) is 9.74. The Hall–Kier alpha value is -3.17. The Kier molecular flexibility index (Phi) is 7.24. The molecule has 1 unspecified atom stereocenters. The number of likely N-dealkylation sites (N-methyl/N-ethyl adjacent to an activating group) is 1. The van der Waals surface area contributed by atoms with Gasteiger partial charge in [-0.2, -0.15) is 0 Å². The third-order valence-corrected chi connectivity index (χ3v) is 7.23. The second kappa shape index (κ2) is 10.1. The number of urea groups is 1. The Labute approximate surface area is 219 Å². The first-order valence-corrected chi connectivity index (χ1v) is 11.7. The lowest BCUT2D eigenvalue weighted by Crippen LogP contribution is -3.00. The summed E-state index contributed by atoms with van der Waals surface area (Å²) in [6, 6.07) is 17.1. The minimum atomic E-state index is -0.936. The van der Waals surface area contributed by atoms with Crippen molar-refractivity contribution in [3.8, 4) is 0 Å². The van der Waals surface area contributed by atoms with Crippen molar-refractivity contribution in [2.45, 2.75) is 18.0 Å². The number of pyridine rings is 1. The van der Waals surface area contributed by atoms with Crippen molar-refractivity contribution in [2.24, 2.45) is 0 Å². The van der Waals surface area contributed by atoms with Gasteiger partial charge >= 0.3 is 6.03 Å². The highest BCUT2D eigenvalue weighted by Gasteiger charge is 2.50. The number of aromatic nitrogens is 1. The number of likely N-dealkylation sites (tertiary alicyclic amines) is 1. The van der Waals surface area contributed by atoms with Crippen LogP contribution in [0.1, 0.15) is 28.0 Å². The highest BCUT2D eigenvalue weighted by molar-refractivity contribution is 5.95. The summed E-state index contributed by atoms with van der Waals surface area (Å²) in [4.78, 5) is 32.1. The predicted molar refractivity (Wildman–Crippen MR) is 127 cm³/mol. The van der Waals surface area contributed by atoms with Gasteiger partial charge in [0.15, 0.2) is 0 Å². The summed E-state index contributed by atoms with van der Waals surface area (Å²) < 4.78 is 27.9. The lowest BCUT2D eigenvalue weighted by atomic mass is 9.83. The number of rotatable bonds is 6. The van der Waals surface area contributed by atoms with E-state index in [1.54, 1.807) is 48.7 Å². The van der Waals surface area contributed by atoms with E-state index in [0.29, 0.717) is 29.8 Å². The van der Waals surface area contributed by atoms with Crippen LogP contribution >= 0.6 is 0 Å². The van der Waals surface area contributed by atoms with Crippen LogP contribution in [-0.4, -0.2) is 65.4 Å². The van der Waals surface area contributed by atoms with Crippen LogP contribution in [-0.2, 0) is 5.54 Å². The van der Waals surface area contributed by atoms with E-state index < -0.39 is 5.54 Å². The number of quaternary nitrogens is 1. The van der Waals surface area contributed by atoms with Gasteiger partial charge in [-0.1, -0.05) is 30.3 Å². The average molecular weight is 557 g/mol. The first-order valence-electron chi connectivity index (χ1n) is 11.7. The molecule has 2 aromatic carbocycles. The van der Waals surface area contributed by atoms with E-state index in [1.807, 2.05) is 11.9 Å². The third-order valence-electron chi connectivity index (χ3n) is 7.23. The molecule has 2 fully saturated rings. The van der Waals surface area contributed by atoms with E-state index in [-0.39, 0.29) is 46.5 Å². The molecular weight excluding hydrogens is 530 g/mol. The van der Waals surface area contributed by atoms with Gasteiger partial charge in [0.25, 0.3) is 0 Å². The van der Waals surface area contributed by atoms with Gasteiger partial charge in [-0.15, -0.1) is 0 Å². The largest absolute Gasteiger partial charge is 1.00 e. The van der Waals surface area contributed by atoms with Crippen molar-refractivity contribution in [1.29, 1.82) is 0 Å². The smallest absolute Gasteiger partial charge is 0.319 e. The Morgan fingerprint density at radius 1 is 1.06 bits per heavy atom. The number of hydrogen-bond acceptors (Lipinski definition) is 3. The van der Waals surface area contributed by atoms with Crippen molar-refractivity contribution in [1.82, 2.24) is 15.2 Å². The van der Waals surface area contributed by atoms with Crippen LogP contribution in [0.25, 0.3) is 0 Å². The number of nitrogens with zero attached hydrogens (tertiary/aromatic N) is 3. The molecule has 2 aliphatic rings. The maximum Gasteiger partial charge on any atom is 0.319 e. The highest BCUT2D eigenvalue weighted by atomic mass is 79.9. The van der Waals surface area contributed by atoms with Gasteiger partial charge in [-0.05, 0) is 47.5 Å². The van der Waals surface area contributed by atoms with Gasteiger partial charge in [-0.25, -0.2) is 13.6 Å². The normalized spacial score (nSPS) is 22.7. The summed E-state index contributed by atoms with van der Waals surface area (Å²) >= 11 is 0. The molecule has 3 aromatic rings. The number of amides is 2. The van der Waals surface area contributed by atoms with Crippen LogP contribution in [0.5, 0.6) is 0 Å². The number of carbonyl (C=O) groups is 2. The SMILES string of the molecule is C[N+]1(CC(=O)c2ccccn2)CC[C@@H](N2CC(c3ccc(F)cc3)(c3ccc(F)cc3)NC2=O)C1.[Br-]. The van der Waals surface area contributed by atoms with Gasteiger partial charge in [0.2, 0.25) is 5.78 Å². The van der Waals surface area contributed by atoms with E-state index in [9.17, 15) is 18.4 Å². The van der Waals surface area contributed by atoms with Crippen LogP contribution < -0.4 is 22.3 Å². The van der Waals surface area contributed by atoms with Crippen molar-refractivity contribution >= 4 is 11.8 Å². The molecular formula is C27H27BrF2N4O2. The maximum absolute atomic E-state index is 13.7. The van der Waals surface area contributed by atoms with Crippen molar-refractivity contribution < 1.29 is 39.8 Å². The molecule has 5 rings (SSSR count). The minimum Gasteiger partial charge on any atom is -1.00 e. The van der Waals surface area contributed by atoms with Crippen molar-refractivity contribution in [3.05, 3.63) is 101 Å². The molecule has 0 spiro atoms. The van der Waals surface area contributed by atoms with Gasteiger partial charge in [0, 0.05) is 12.6 Å². The van der Waals surface area contributed by atoms with E-state index in [1.165, 1.54) is 24.3 Å². The Balaban J connectivity index is 0.00000304. The molecule has 36 heavy (non-hydrogen) atoms. The maximum atomic E-state index is 13.7. The second-order valence-electron chi connectivity index (χ2n) is 9.74. The van der Waals surface area contributed by atoms with Crippen LogP contribution in [0.15, 0.2) is 72.9 Å². The first kappa shape index (κ1) is 25.9. The van der Waals surface area contributed by atoms with Crippen molar-refractivity contribution in [3.63, 3.8) is 0 Å². The topological polar surface area (TPSA) is 62.3 Å². The molecule has 1 aromatic heterocycles. The number of benzene rings is 2. The summed E-state index contributed by atoms with van der Waals surface area (Å²) in [5.74, 6) is -0.761. The number of hydrogen-bond donors (Lipinski definition) is 1. The Morgan fingerprint density at radius 3 is 2.22 bits per heavy atom. The molecule has 3 heterocycles. The zero-order valence-corrected chi connectivity index (χ0v) is 21.4. The monoisotopic (exact) mass is 556 g/mol. The summed E-state index contributed by atoms with van der Waals surface area (Å²) in [6.45, 7) is 2.02. The predicted octanol–water partition coefficient (Wildman–Crippen LogP) is 0.734. The van der Waals surface area contributed by atoms with Gasteiger partial charge < -0.3 is 31.7 Å². The minimum absolute atomic E-state index is 0. The third kappa shape index (κ3) is 4.90. The summed E-state index contributed by atoms with van der Waals surface area (Å²) in [5, 5.41) is 3.12. The molecule has 0 aliphatic carbocycles. The molecule has 2 atom stereocenters. The molecule has 2 aliphatic heterocycles. The molecule has 9 heteroatoms. The number of ketones is 1. The fourth-order valence-corrected chi connectivity index (χ4v) is 5.38. The number of halogens is 3. The Morgan fingerprint density at radius 2 is 1.67 bits per heavy atom. The molecule has 6 nitrogen and oxygen atoms in total. The number of carbonyl (C=O) groups excluding carboxylic acids is 2. The fourth-order valence-electron chi connectivity index (χ4n) is 5.38. The van der Waals surface area contributed by atoms with Gasteiger partial charge in [-0.3, -0.25) is 9.78 Å². The van der Waals surface area contributed by atoms with E-state index in [2.05, 4.69) is 10.3 Å². The van der Waals surface area contributed by atoms with E-state index in [0.717, 1.165) is 24.1 Å². The quantitative estimate of drug-likeness (QED) is 0.360. The van der Waals surface area contributed by atoms with Crippen molar-refractivity contribution in [2.75, 3.05) is 33.2 Å². The van der Waals surface area contributed by atoms with Crippen LogP contribution in [0, 0.1) is 11.6 Å². The number of Topliss-reactive ketones (excluding diaryl/α,β-unsaturated/α-hetero) is 1. The molecule has 0 bridgehead atoms. The van der Waals surface area contributed by atoms with Crippen LogP contribution in [0.3, 0.4) is 0 Å². The molecule has 0 saturated carbocycles. The zero-order chi connectivity index (χ0) is 24.6. The van der Waals surface area contributed by atoms with Crippen LogP contribution in [0.2, 0.25) is 0 Å². The summed E-state index contributed by atoms with van der Waals surface area (Å²) in [5.41, 5.74) is 0.957. The van der Waals surface area contributed by atoms with Gasteiger partial charge in [0.1, 0.15) is 29.4 Å². The van der Waals surface area contributed by atoms with Crippen LogP contribution in [0.4, 0.5) is 13.6 Å². The summed E-state index contributed by atoms with van der Waals surface area (Å²) in [7, 11) is 2.03.